The number of aliphatic hydroxyl groups is 2. The lowest BCUT2D eigenvalue weighted by molar-refractivity contribution is 0.167. The van der Waals surface area contributed by atoms with Gasteiger partial charge in [-0.2, -0.15) is 15.3 Å². The van der Waals surface area contributed by atoms with Gasteiger partial charge in [-0.15, -0.1) is 0 Å². The molecule has 0 aromatic carbocycles. The second-order valence-electron chi connectivity index (χ2n) is 8.77. The lowest BCUT2D eigenvalue weighted by Crippen LogP contribution is -2.17. The van der Waals surface area contributed by atoms with E-state index in [1.807, 2.05) is 6.92 Å². The summed E-state index contributed by atoms with van der Waals surface area (Å²) >= 11 is 0. The van der Waals surface area contributed by atoms with Gasteiger partial charge < -0.3 is 10.2 Å². The summed E-state index contributed by atoms with van der Waals surface area (Å²) < 4.78 is 0. The predicted molar refractivity (Wildman–Crippen MR) is 131 cm³/mol. The van der Waals surface area contributed by atoms with Crippen LogP contribution in [0.4, 0.5) is 0 Å². The summed E-state index contributed by atoms with van der Waals surface area (Å²) in [5, 5.41) is 31.5. The summed E-state index contributed by atoms with van der Waals surface area (Å²) in [6.07, 6.45) is 20.9. The van der Waals surface area contributed by atoms with Gasteiger partial charge in [0.25, 0.3) is 0 Å². The molecule has 2 N–H and O–H groups in total. The van der Waals surface area contributed by atoms with Crippen molar-refractivity contribution < 1.29 is 10.2 Å². The summed E-state index contributed by atoms with van der Waals surface area (Å²) in [4.78, 5) is 0. The Morgan fingerprint density at radius 3 is 1.55 bits per heavy atom. The zero-order valence-electron chi connectivity index (χ0n) is 19.7. The second kappa shape index (κ2) is 21.0. The maximum absolute atomic E-state index is 9.89. The van der Waals surface area contributed by atoms with E-state index in [0.29, 0.717) is 0 Å². The van der Waals surface area contributed by atoms with Crippen molar-refractivity contribution in [2.75, 3.05) is 23.9 Å². The van der Waals surface area contributed by atoms with E-state index < -0.39 is 10.0 Å². The van der Waals surface area contributed by atoms with Gasteiger partial charge in [0.15, 0.2) is 0 Å². The summed E-state index contributed by atoms with van der Waals surface area (Å²) in [6, 6.07) is 0. The molecule has 0 aliphatic carbocycles. The molecule has 0 amide bonds. The van der Waals surface area contributed by atoms with E-state index in [0.717, 1.165) is 42.9 Å². The second-order valence-corrected chi connectivity index (χ2v) is 12.3. The molecule has 0 fully saturated rings. The molecule has 0 spiro atoms. The first-order valence-electron chi connectivity index (χ1n) is 12.6. The number of thiocyanates is 1. The fourth-order valence-corrected chi connectivity index (χ4v) is 6.97. The number of hydrogen-bond donors (Lipinski definition) is 2. The van der Waals surface area contributed by atoms with Gasteiger partial charge in [0.1, 0.15) is 5.40 Å². The van der Waals surface area contributed by atoms with Crippen LogP contribution < -0.4 is 0 Å². The highest BCUT2D eigenvalue weighted by Gasteiger charge is 2.23. The fraction of sp³-hybridized carbons (Fsp3) is 0.960. The van der Waals surface area contributed by atoms with Crippen molar-refractivity contribution in [1.29, 1.82) is 5.26 Å². The molecule has 0 aromatic rings. The molecule has 0 bridgehead atoms. The van der Waals surface area contributed by atoms with Crippen LogP contribution in [0.3, 0.4) is 0 Å². The normalized spacial score (nSPS) is 15.6. The van der Waals surface area contributed by atoms with E-state index in [-0.39, 0.29) is 12.7 Å². The molecule has 2 unspecified atom stereocenters. The number of nitrogens with zero attached hydrogens (tertiary/aromatic N) is 1. The van der Waals surface area contributed by atoms with E-state index in [1.54, 1.807) is 0 Å². The lowest BCUT2D eigenvalue weighted by Gasteiger charge is -2.33. The monoisotopic (exact) mass is 429 g/mol. The Labute approximate surface area is 184 Å². The highest BCUT2D eigenvalue weighted by Crippen LogP contribution is 2.49. The largest absolute Gasteiger partial charge is 0.396 e. The van der Waals surface area contributed by atoms with Crippen LogP contribution in [0.5, 0.6) is 0 Å². The summed E-state index contributed by atoms with van der Waals surface area (Å²) in [5.41, 5.74) is 0. The third-order valence-corrected chi connectivity index (χ3v) is 9.63. The van der Waals surface area contributed by atoms with Crippen molar-refractivity contribution in [3.63, 3.8) is 0 Å². The van der Waals surface area contributed by atoms with E-state index in [9.17, 15) is 15.5 Å². The molecule has 0 rings (SSSR count). The van der Waals surface area contributed by atoms with Crippen molar-refractivity contribution in [3.8, 4) is 5.40 Å². The Morgan fingerprint density at radius 1 is 0.690 bits per heavy atom. The van der Waals surface area contributed by atoms with Gasteiger partial charge in [0.05, 0.1) is 6.10 Å². The molecule has 3 nitrogen and oxygen atoms in total. The number of hydrogen-bond acceptors (Lipinski definition) is 3. The highest BCUT2D eigenvalue weighted by atomic mass is 32.3. The minimum absolute atomic E-state index is 0.172. The molecule has 0 aromatic heterocycles. The van der Waals surface area contributed by atoms with E-state index in [1.165, 1.54) is 83.5 Å². The van der Waals surface area contributed by atoms with E-state index in [2.05, 4.69) is 12.3 Å². The minimum atomic E-state index is -1.33. The molecule has 0 radical (unpaired) electrons. The van der Waals surface area contributed by atoms with Gasteiger partial charge in [-0.05, 0) is 42.9 Å². The number of unbranched alkanes of at least 4 members (excludes halogenated alkanes) is 13. The first-order chi connectivity index (χ1) is 14.1. The van der Waals surface area contributed by atoms with Crippen LogP contribution in [-0.2, 0) is 0 Å². The van der Waals surface area contributed by atoms with Crippen LogP contribution in [-0.4, -0.2) is 40.2 Å². The van der Waals surface area contributed by atoms with Gasteiger partial charge in [0.2, 0.25) is 0 Å². The Kier molecular flexibility index (Phi) is 20.8. The molecule has 0 saturated heterocycles. The van der Waals surface area contributed by atoms with Crippen molar-refractivity contribution in [3.05, 3.63) is 0 Å². The van der Waals surface area contributed by atoms with Gasteiger partial charge in [-0.1, -0.05) is 97.3 Å². The molecule has 0 saturated carbocycles. The van der Waals surface area contributed by atoms with Crippen LogP contribution in [0, 0.1) is 10.7 Å². The Hall–Kier alpha value is -0.240. The van der Waals surface area contributed by atoms with Crippen LogP contribution in [0.15, 0.2) is 0 Å². The summed E-state index contributed by atoms with van der Waals surface area (Å²) in [5.74, 6) is 2.68. The van der Waals surface area contributed by atoms with Gasteiger partial charge in [-0.3, -0.25) is 0 Å². The maximum Gasteiger partial charge on any atom is 0.113 e. The Morgan fingerprint density at radius 2 is 1.14 bits per heavy atom. The summed E-state index contributed by atoms with van der Waals surface area (Å²) in [7, 11) is -1.33. The van der Waals surface area contributed by atoms with Gasteiger partial charge in [0, 0.05) is 6.61 Å². The van der Waals surface area contributed by atoms with Gasteiger partial charge >= 0.3 is 0 Å². The highest BCUT2D eigenvalue weighted by molar-refractivity contribution is 8.37. The zero-order chi connectivity index (χ0) is 21.6. The van der Waals surface area contributed by atoms with Crippen molar-refractivity contribution in [1.82, 2.24) is 0 Å². The average molecular weight is 430 g/mol. The molecule has 174 valence electrons. The van der Waals surface area contributed by atoms with Crippen LogP contribution in [0.2, 0.25) is 0 Å². The first kappa shape index (κ1) is 28.8. The molecule has 4 heteroatoms. The smallest absolute Gasteiger partial charge is 0.113 e. The van der Waals surface area contributed by atoms with E-state index in [4.69, 9.17) is 0 Å². The first-order valence-corrected chi connectivity index (χ1v) is 14.7. The zero-order valence-corrected chi connectivity index (χ0v) is 20.5. The standard InChI is InChI=1S/C25H51NO2S/c1-3-5-6-7-8-9-10-11-12-13-14-15-16-17-21-29(24-26,22-18-20-27)23-19-25(28)4-2/h25,27-28H,3-23H2,1-2H3. The maximum atomic E-state index is 9.89. The molecule has 0 heterocycles. The lowest BCUT2D eigenvalue weighted by atomic mass is 10.0. The fourth-order valence-electron chi connectivity index (χ4n) is 3.92. The van der Waals surface area contributed by atoms with Crippen molar-refractivity contribution >= 4 is 10.0 Å². The van der Waals surface area contributed by atoms with Gasteiger partial charge in [-0.25, -0.2) is 0 Å². The molecule has 0 aliphatic heterocycles. The number of aliphatic hydroxyl groups excluding tert-OH is 2. The molecular formula is C25H51NO2S. The molecule has 0 aliphatic rings. The van der Waals surface area contributed by atoms with Crippen molar-refractivity contribution in [2.45, 2.75) is 129 Å². The molecular weight excluding hydrogens is 378 g/mol. The quantitative estimate of drug-likeness (QED) is 0.140. The van der Waals surface area contributed by atoms with Crippen LogP contribution >= 0.6 is 10.0 Å². The molecule has 29 heavy (non-hydrogen) atoms. The Balaban J connectivity index is 3.77. The SMILES string of the molecule is CCCCCCCCCCCCCCCCS(C#N)(CCCO)CCC(O)CC. The molecule has 2 atom stereocenters. The number of rotatable bonds is 22. The average Bonchev–Trinajstić information content (AvgIpc) is 2.75. The third kappa shape index (κ3) is 17.2. The third-order valence-electron chi connectivity index (χ3n) is 6.09. The topological polar surface area (TPSA) is 64.2 Å². The number of nitriles is 1. The predicted octanol–water partition coefficient (Wildman–Crippen LogP) is 7.30. The Bertz CT molecular complexity index is 386. The van der Waals surface area contributed by atoms with E-state index >= 15 is 0 Å². The minimum Gasteiger partial charge on any atom is -0.396 e. The van der Waals surface area contributed by atoms with Crippen LogP contribution in [0.1, 0.15) is 123 Å². The van der Waals surface area contributed by atoms with Crippen molar-refractivity contribution in [2.24, 2.45) is 0 Å². The van der Waals surface area contributed by atoms with Crippen LogP contribution in [0.25, 0.3) is 0 Å². The summed E-state index contributed by atoms with van der Waals surface area (Å²) in [6.45, 7) is 4.44.